The van der Waals surface area contributed by atoms with Crippen LogP contribution in [0.1, 0.15) is 23.5 Å². The monoisotopic (exact) mass is 398 g/mol. The minimum absolute atomic E-state index is 0.0871. The third kappa shape index (κ3) is 5.06. The van der Waals surface area contributed by atoms with Crippen LogP contribution in [0.25, 0.3) is 0 Å². The zero-order valence-electron chi connectivity index (χ0n) is 14.9. The van der Waals surface area contributed by atoms with Gasteiger partial charge in [0, 0.05) is 23.1 Å². The van der Waals surface area contributed by atoms with Crippen LogP contribution >= 0.6 is 23.4 Å². The number of carbonyl (C=O) groups excluding carboxylic acids is 1. The first-order chi connectivity index (χ1) is 13.1. The summed E-state index contributed by atoms with van der Waals surface area (Å²) in [6.45, 7) is 2.51. The van der Waals surface area contributed by atoms with Gasteiger partial charge in [0.25, 0.3) is 0 Å². The molecule has 1 heterocycles. The van der Waals surface area contributed by atoms with Crippen LogP contribution in [-0.4, -0.2) is 18.3 Å². The van der Waals surface area contributed by atoms with Gasteiger partial charge in [0.05, 0.1) is 23.3 Å². The number of allylic oxidation sites excluding steroid dienone is 1. The number of rotatable bonds is 6. The van der Waals surface area contributed by atoms with Crippen LogP contribution in [0.2, 0.25) is 5.02 Å². The molecule has 0 unspecified atom stereocenters. The number of nitrogens with one attached hydrogen (secondary N) is 1. The van der Waals surface area contributed by atoms with E-state index in [4.69, 9.17) is 16.3 Å². The minimum Gasteiger partial charge on any atom is -0.493 e. The van der Waals surface area contributed by atoms with Gasteiger partial charge in [0.1, 0.15) is 5.75 Å². The molecule has 1 atom stereocenters. The molecule has 3 rings (SSSR count). The quantitative estimate of drug-likeness (QED) is 0.710. The molecule has 0 fully saturated rings. The van der Waals surface area contributed by atoms with Gasteiger partial charge in [-0.2, -0.15) is 5.26 Å². The van der Waals surface area contributed by atoms with E-state index in [1.807, 2.05) is 43.3 Å². The number of nitriles is 1. The fraction of sp³-hybridized carbons (Fsp3) is 0.238. The second-order valence-corrected chi connectivity index (χ2v) is 7.76. The second kappa shape index (κ2) is 8.98. The fourth-order valence-electron chi connectivity index (χ4n) is 2.85. The largest absolute Gasteiger partial charge is 0.493 e. The van der Waals surface area contributed by atoms with Gasteiger partial charge < -0.3 is 10.1 Å². The molecule has 4 nitrogen and oxygen atoms in total. The summed E-state index contributed by atoms with van der Waals surface area (Å²) in [6.07, 6.45) is 0.258. The molecular weight excluding hydrogens is 380 g/mol. The van der Waals surface area contributed by atoms with Crippen molar-refractivity contribution in [3.63, 3.8) is 0 Å². The molecule has 2 aromatic carbocycles. The Kier molecular flexibility index (Phi) is 6.44. The Morgan fingerprint density at radius 3 is 2.59 bits per heavy atom. The Balaban J connectivity index is 1.67. The topological polar surface area (TPSA) is 62.1 Å². The summed E-state index contributed by atoms with van der Waals surface area (Å²) in [4.78, 5) is 12.1. The fourth-order valence-corrected chi connectivity index (χ4v) is 3.88. The molecule has 0 saturated carbocycles. The number of thioether (sulfide) groups is 1. The van der Waals surface area contributed by atoms with Gasteiger partial charge in [-0.15, -0.1) is 11.8 Å². The van der Waals surface area contributed by atoms with Crippen LogP contribution in [0.3, 0.4) is 0 Å². The zero-order chi connectivity index (χ0) is 19.2. The van der Waals surface area contributed by atoms with E-state index in [9.17, 15) is 10.1 Å². The zero-order valence-corrected chi connectivity index (χ0v) is 16.4. The van der Waals surface area contributed by atoms with Crippen LogP contribution in [0, 0.1) is 18.3 Å². The summed E-state index contributed by atoms with van der Waals surface area (Å²) < 4.78 is 5.72. The maximum absolute atomic E-state index is 12.1. The van der Waals surface area contributed by atoms with E-state index >= 15 is 0 Å². The number of aryl methyl sites for hydroxylation is 1. The minimum atomic E-state index is -0.249. The molecule has 6 heteroatoms. The summed E-state index contributed by atoms with van der Waals surface area (Å²) in [7, 11) is 0. The molecule has 2 aromatic rings. The lowest BCUT2D eigenvalue weighted by atomic mass is 9.87. The third-order valence-electron chi connectivity index (χ3n) is 4.25. The normalized spacial score (nSPS) is 16.6. The lowest BCUT2D eigenvalue weighted by molar-refractivity contribution is -0.120. The van der Waals surface area contributed by atoms with E-state index in [0.717, 1.165) is 11.3 Å². The van der Waals surface area contributed by atoms with Crippen molar-refractivity contribution in [2.75, 3.05) is 12.4 Å². The van der Waals surface area contributed by atoms with Crippen LogP contribution in [0.5, 0.6) is 5.75 Å². The van der Waals surface area contributed by atoms with Gasteiger partial charge in [-0.1, -0.05) is 41.4 Å². The first-order valence-electron chi connectivity index (χ1n) is 8.58. The standard InChI is InChI=1S/C21H19ClN2O2S/c1-14-2-8-17(9-3-14)26-10-11-27-21-19(13-23)18(12-20(25)24-21)15-4-6-16(22)7-5-15/h2-9,18H,10-12H2,1H3,(H,24,25)/t18-/m1/s1. The Labute approximate surface area is 168 Å². The molecule has 0 aliphatic carbocycles. The van der Waals surface area contributed by atoms with Gasteiger partial charge in [-0.25, -0.2) is 0 Å². The summed E-state index contributed by atoms with van der Waals surface area (Å²) in [5, 5.41) is 13.7. The third-order valence-corrected chi connectivity index (χ3v) is 5.48. The summed E-state index contributed by atoms with van der Waals surface area (Å²) in [5.74, 6) is 1.10. The molecule has 27 heavy (non-hydrogen) atoms. The van der Waals surface area contributed by atoms with Crippen molar-refractivity contribution in [1.29, 1.82) is 5.26 Å². The molecule has 0 bridgehead atoms. The molecular formula is C21H19ClN2O2S. The van der Waals surface area contributed by atoms with Gasteiger partial charge >= 0.3 is 0 Å². The Morgan fingerprint density at radius 1 is 1.22 bits per heavy atom. The SMILES string of the molecule is Cc1ccc(OCCSC2=C(C#N)[C@@H](c3ccc(Cl)cc3)CC(=O)N2)cc1. The van der Waals surface area contributed by atoms with E-state index < -0.39 is 0 Å². The number of ether oxygens (including phenoxy) is 1. The maximum Gasteiger partial charge on any atom is 0.225 e. The van der Waals surface area contributed by atoms with Crippen LogP contribution < -0.4 is 10.1 Å². The molecule has 0 radical (unpaired) electrons. The van der Waals surface area contributed by atoms with Crippen LogP contribution in [0.15, 0.2) is 59.1 Å². The van der Waals surface area contributed by atoms with Crippen LogP contribution in [0.4, 0.5) is 0 Å². The molecule has 138 valence electrons. The van der Waals surface area contributed by atoms with E-state index in [-0.39, 0.29) is 18.2 Å². The van der Waals surface area contributed by atoms with Gasteiger partial charge in [0.2, 0.25) is 5.91 Å². The number of hydrogen-bond acceptors (Lipinski definition) is 4. The lowest BCUT2D eigenvalue weighted by Crippen LogP contribution is -2.31. The average Bonchev–Trinajstić information content (AvgIpc) is 2.67. The molecule has 1 aliphatic rings. The maximum atomic E-state index is 12.1. The van der Waals surface area contributed by atoms with Crippen molar-refractivity contribution < 1.29 is 9.53 Å². The number of nitrogens with zero attached hydrogens (tertiary/aromatic N) is 1. The highest BCUT2D eigenvalue weighted by Gasteiger charge is 2.29. The molecule has 1 aliphatic heterocycles. The molecule has 0 saturated heterocycles. The van der Waals surface area contributed by atoms with Gasteiger partial charge in [-0.3, -0.25) is 4.79 Å². The van der Waals surface area contributed by atoms with Crippen molar-refractivity contribution in [2.24, 2.45) is 0 Å². The van der Waals surface area contributed by atoms with Gasteiger partial charge in [-0.05, 0) is 36.8 Å². The van der Waals surface area contributed by atoms with E-state index in [1.165, 1.54) is 17.3 Å². The Morgan fingerprint density at radius 2 is 1.93 bits per heavy atom. The van der Waals surface area contributed by atoms with Crippen molar-refractivity contribution in [3.05, 3.63) is 75.3 Å². The number of benzene rings is 2. The first-order valence-corrected chi connectivity index (χ1v) is 9.95. The average molecular weight is 399 g/mol. The highest BCUT2D eigenvalue weighted by molar-refractivity contribution is 8.03. The van der Waals surface area contributed by atoms with Crippen molar-refractivity contribution in [2.45, 2.75) is 19.3 Å². The smallest absolute Gasteiger partial charge is 0.225 e. The molecule has 1 N–H and O–H groups in total. The van der Waals surface area contributed by atoms with Crippen molar-refractivity contribution >= 4 is 29.3 Å². The number of halogens is 1. The molecule has 1 amide bonds. The Hall–Kier alpha value is -2.42. The Bertz CT molecular complexity index is 886. The first kappa shape index (κ1) is 19.3. The number of amides is 1. The number of hydrogen-bond donors (Lipinski definition) is 1. The summed E-state index contributed by atoms with van der Waals surface area (Å²) in [6, 6.07) is 17.4. The van der Waals surface area contributed by atoms with Crippen molar-refractivity contribution in [1.82, 2.24) is 5.32 Å². The lowest BCUT2D eigenvalue weighted by Gasteiger charge is -2.25. The predicted molar refractivity (Wildman–Crippen MR) is 109 cm³/mol. The second-order valence-electron chi connectivity index (χ2n) is 6.22. The molecule has 0 aromatic heterocycles. The highest BCUT2D eigenvalue weighted by Crippen LogP contribution is 2.36. The van der Waals surface area contributed by atoms with E-state index in [1.54, 1.807) is 12.1 Å². The van der Waals surface area contributed by atoms with Gasteiger partial charge in [0.15, 0.2) is 0 Å². The predicted octanol–water partition coefficient (Wildman–Crippen LogP) is 4.80. The van der Waals surface area contributed by atoms with E-state index in [2.05, 4.69) is 11.4 Å². The van der Waals surface area contributed by atoms with Crippen LogP contribution in [-0.2, 0) is 4.79 Å². The molecule has 0 spiro atoms. The number of carbonyl (C=O) groups is 1. The highest BCUT2D eigenvalue weighted by atomic mass is 35.5. The summed E-state index contributed by atoms with van der Waals surface area (Å²) >= 11 is 7.38. The van der Waals surface area contributed by atoms with Crippen molar-refractivity contribution in [3.8, 4) is 11.8 Å². The summed E-state index contributed by atoms with van der Waals surface area (Å²) in [5.41, 5.74) is 2.68. The van der Waals surface area contributed by atoms with E-state index in [0.29, 0.717) is 28.0 Å².